The van der Waals surface area contributed by atoms with Gasteiger partial charge in [0.1, 0.15) is 17.3 Å². The average Bonchev–Trinajstić information content (AvgIpc) is 3.02. The molecule has 0 saturated carbocycles. The summed E-state index contributed by atoms with van der Waals surface area (Å²) in [6.07, 6.45) is 3.48. The van der Waals surface area contributed by atoms with Gasteiger partial charge in [0.2, 0.25) is 5.13 Å². The minimum absolute atomic E-state index is 0.372. The number of carbonyl (C=O) groups excluding carboxylic acids is 1. The summed E-state index contributed by atoms with van der Waals surface area (Å²) in [6, 6.07) is 0. The molecule has 0 amide bonds. The van der Waals surface area contributed by atoms with Crippen LogP contribution in [0.5, 0.6) is 0 Å². The van der Waals surface area contributed by atoms with E-state index in [-0.39, 0.29) is 0 Å². The van der Waals surface area contributed by atoms with Crippen LogP contribution in [0.2, 0.25) is 0 Å². The van der Waals surface area contributed by atoms with E-state index in [9.17, 15) is 4.79 Å². The van der Waals surface area contributed by atoms with Gasteiger partial charge in [-0.15, -0.1) is 15.3 Å². The zero-order valence-corrected chi connectivity index (χ0v) is 11.7. The fourth-order valence-electron chi connectivity index (χ4n) is 1.65. The number of aldehydes is 1. The van der Waals surface area contributed by atoms with Gasteiger partial charge in [-0.25, -0.2) is 0 Å². The smallest absolute Gasteiger partial charge is 0.234 e. The second-order valence-corrected chi connectivity index (χ2v) is 5.01. The molecule has 2 aromatic rings. The molecule has 0 bridgehead atoms. The van der Waals surface area contributed by atoms with Crippen LogP contribution in [-0.4, -0.2) is 38.6 Å². The van der Waals surface area contributed by atoms with Crippen LogP contribution in [0.3, 0.4) is 0 Å². The van der Waals surface area contributed by atoms with Crippen molar-refractivity contribution in [2.24, 2.45) is 0 Å². The van der Waals surface area contributed by atoms with Gasteiger partial charge in [-0.2, -0.15) is 4.68 Å². The maximum atomic E-state index is 11.0. The van der Waals surface area contributed by atoms with Crippen LogP contribution in [-0.2, 0) is 17.8 Å². The van der Waals surface area contributed by atoms with Crippen molar-refractivity contribution in [3.63, 3.8) is 0 Å². The Morgan fingerprint density at radius 3 is 2.89 bits per heavy atom. The molecule has 0 N–H and O–H groups in total. The van der Waals surface area contributed by atoms with Gasteiger partial charge in [0, 0.05) is 7.11 Å². The Balaban J connectivity index is 2.31. The van der Waals surface area contributed by atoms with Gasteiger partial charge >= 0.3 is 0 Å². The molecule has 0 aliphatic carbocycles. The van der Waals surface area contributed by atoms with Gasteiger partial charge < -0.3 is 4.74 Å². The summed E-state index contributed by atoms with van der Waals surface area (Å²) in [7, 11) is 1.60. The third-order valence-electron chi connectivity index (χ3n) is 2.58. The molecule has 0 aromatic carbocycles. The van der Waals surface area contributed by atoms with Crippen molar-refractivity contribution in [3.05, 3.63) is 16.4 Å². The second kappa shape index (κ2) is 6.48. The average molecular weight is 281 g/mol. The second-order valence-electron chi connectivity index (χ2n) is 3.97. The normalized spacial score (nSPS) is 10.8. The Hall–Kier alpha value is -1.67. The van der Waals surface area contributed by atoms with E-state index in [1.54, 1.807) is 11.8 Å². The Bertz CT molecular complexity index is 551. The van der Waals surface area contributed by atoms with Gasteiger partial charge in [0.15, 0.2) is 6.29 Å². The van der Waals surface area contributed by atoms with Gasteiger partial charge in [-0.1, -0.05) is 29.9 Å². The number of nitrogens with zero attached hydrogens (tertiary/aromatic N) is 5. The number of ether oxygens (including phenoxy) is 1. The van der Waals surface area contributed by atoms with Gasteiger partial charge in [0.25, 0.3) is 0 Å². The molecule has 0 aliphatic rings. The lowest BCUT2D eigenvalue weighted by Gasteiger charge is -2.01. The number of methoxy groups -OCH3 is 1. The SMILES string of the molecule is CCCCc1c(C=O)nnn1-c1nnc(COC)s1. The summed E-state index contributed by atoms with van der Waals surface area (Å²) in [4.78, 5) is 11.0. The number of hydrogen-bond donors (Lipinski definition) is 0. The summed E-state index contributed by atoms with van der Waals surface area (Å²) < 4.78 is 6.60. The van der Waals surface area contributed by atoms with Crippen LogP contribution in [0.1, 0.15) is 41.0 Å². The van der Waals surface area contributed by atoms with Crippen LogP contribution in [0.15, 0.2) is 0 Å². The first-order valence-corrected chi connectivity index (χ1v) is 6.83. The molecule has 0 aliphatic heterocycles. The summed E-state index contributed by atoms with van der Waals surface area (Å²) in [6.45, 7) is 2.51. The van der Waals surface area contributed by atoms with Crippen molar-refractivity contribution in [2.45, 2.75) is 32.8 Å². The van der Waals surface area contributed by atoms with Gasteiger partial charge in [0.05, 0.1) is 5.69 Å². The molecule has 8 heteroatoms. The molecule has 2 aromatic heterocycles. The highest BCUT2D eigenvalue weighted by Crippen LogP contribution is 2.18. The minimum Gasteiger partial charge on any atom is -0.377 e. The lowest BCUT2D eigenvalue weighted by Crippen LogP contribution is -2.03. The molecular formula is C11H15N5O2S. The fourth-order valence-corrected chi connectivity index (χ4v) is 2.43. The monoisotopic (exact) mass is 281 g/mol. The Labute approximate surface area is 114 Å². The molecule has 0 fully saturated rings. The van der Waals surface area contributed by atoms with Crippen LogP contribution < -0.4 is 0 Å². The highest BCUT2D eigenvalue weighted by atomic mass is 32.1. The van der Waals surface area contributed by atoms with E-state index in [0.717, 1.165) is 36.3 Å². The molecule has 0 saturated heterocycles. The maximum absolute atomic E-state index is 11.0. The third kappa shape index (κ3) is 3.02. The van der Waals surface area contributed by atoms with E-state index in [1.807, 2.05) is 0 Å². The molecule has 0 unspecified atom stereocenters. The van der Waals surface area contributed by atoms with Crippen molar-refractivity contribution in [2.75, 3.05) is 7.11 Å². The van der Waals surface area contributed by atoms with E-state index < -0.39 is 0 Å². The standard InChI is InChI=1S/C11H15N5O2S/c1-3-4-5-9-8(6-17)12-15-16(9)11-14-13-10(19-11)7-18-2/h6H,3-5,7H2,1-2H3. The third-order valence-corrected chi connectivity index (χ3v) is 3.45. The predicted molar refractivity (Wildman–Crippen MR) is 69.5 cm³/mol. The first kappa shape index (κ1) is 13.8. The molecule has 102 valence electrons. The first-order valence-electron chi connectivity index (χ1n) is 6.01. The number of carbonyl (C=O) groups is 1. The number of aromatic nitrogens is 5. The molecule has 2 heterocycles. The molecule has 0 atom stereocenters. The quantitative estimate of drug-likeness (QED) is 0.714. The molecular weight excluding hydrogens is 266 g/mol. The predicted octanol–water partition coefficient (Wildman–Crippen LogP) is 1.42. The van der Waals surface area contributed by atoms with Crippen molar-refractivity contribution in [3.8, 4) is 5.13 Å². The Kier molecular flexibility index (Phi) is 4.69. The molecule has 0 spiro atoms. The Morgan fingerprint density at radius 1 is 1.37 bits per heavy atom. The number of rotatable bonds is 7. The van der Waals surface area contributed by atoms with Crippen LogP contribution >= 0.6 is 11.3 Å². The lowest BCUT2D eigenvalue weighted by atomic mass is 10.2. The van der Waals surface area contributed by atoms with Crippen molar-refractivity contribution >= 4 is 17.6 Å². The van der Waals surface area contributed by atoms with E-state index in [1.165, 1.54) is 11.3 Å². The zero-order chi connectivity index (χ0) is 13.7. The topological polar surface area (TPSA) is 82.8 Å². The zero-order valence-electron chi connectivity index (χ0n) is 10.9. The summed E-state index contributed by atoms with van der Waals surface area (Å²) in [5.41, 5.74) is 1.16. The molecule has 19 heavy (non-hydrogen) atoms. The fraction of sp³-hybridized carbons (Fsp3) is 0.545. The van der Waals surface area contributed by atoms with Crippen molar-refractivity contribution in [1.29, 1.82) is 0 Å². The Morgan fingerprint density at radius 2 is 2.21 bits per heavy atom. The lowest BCUT2D eigenvalue weighted by molar-refractivity contribution is 0.111. The minimum atomic E-state index is 0.372. The molecule has 7 nitrogen and oxygen atoms in total. The maximum Gasteiger partial charge on any atom is 0.234 e. The van der Waals surface area contributed by atoms with Crippen LogP contribution in [0.4, 0.5) is 0 Å². The first-order chi connectivity index (χ1) is 9.30. The van der Waals surface area contributed by atoms with E-state index >= 15 is 0 Å². The van der Waals surface area contributed by atoms with E-state index in [2.05, 4.69) is 27.4 Å². The number of unbranched alkanes of at least 4 members (excludes halogenated alkanes) is 1. The number of hydrogen-bond acceptors (Lipinski definition) is 7. The van der Waals surface area contributed by atoms with E-state index in [4.69, 9.17) is 4.74 Å². The van der Waals surface area contributed by atoms with Gasteiger partial charge in [-0.3, -0.25) is 4.79 Å². The summed E-state index contributed by atoms with van der Waals surface area (Å²) in [5.74, 6) is 0. The van der Waals surface area contributed by atoms with Crippen molar-refractivity contribution in [1.82, 2.24) is 25.2 Å². The molecule has 2 rings (SSSR count). The van der Waals surface area contributed by atoms with Crippen LogP contribution in [0, 0.1) is 0 Å². The molecule has 0 radical (unpaired) electrons. The van der Waals surface area contributed by atoms with Crippen LogP contribution in [0.25, 0.3) is 5.13 Å². The highest BCUT2D eigenvalue weighted by Gasteiger charge is 2.16. The highest BCUT2D eigenvalue weighted by molar-refractivity contribution is 7.13. The summed E-state index contributed by atoms with van der Waals surface area (Å²) in [5, 5.41) is 17.3. The van der Waals surface area contributed by atoms with E-state index in [0.29, 0.717) is 17.4 Å². The van der Waals surface area contributed by atoms with Crippen molar-refractivity contribution < 1.29 is 9.53 Å². The van der Waals surface area contributed by atoms with Gasteiger partial charge in [-0.05, 0) is 12.8 Å². The summed E-state index contributed by atoms with van der Waals surface area (Å²) >= 11 is 1.38. The largest absolute Gasteiger partial charge is 0.377 e.